The minimum absolute atomic E-state index is 0.0709. The first-order valence-corrected chi connectivity index (χ1v) is 19.9. The summed E-state index contributed by atoms with van der Waals surface area (Å²) in [4.78, 5) is 0. The van der Waals surface area contributed by atoms with Gasteiger partial charge in [-0.2, -0.15) is 0 Å². The second-order valence-electron chi connectivity index (χ2n) is 16.1. The number of nitrogens with one attached hydrogen (secondary N) is 2. The Hall–Kier alpha value is -6.97. The lowest BCUT2D eigenvalue weighted by atomic mass is 9.81. The van der Waals surface area contributed by atoms with Gasteiger partial charge in [0, 0.05) is 27.4 Å². The molecule has 11 rings (SSSR count). The summed E-state index contributed by atoms with van der Waals surface area (Å²) in [6, 6.07) is 66.0. The number of fused-ring (bicyclic) bond motifs is 12. The molecule has 1 unspecified atom stereocenters. The van der Waals surface area contributed by atoms with Gasteiger partial charge < -0.3 is 9.88 Å². The van der Waals surface area contributed by atoms with Gasteiger partial charge in [0.1, 0.15) is 5.84 Å². The molecule has 0 aliphatic heterocycles. The van der Waals surface area contributed by atoms with E-state index in [0.29, 0.717) is 5.84 Å². The Morgan fingerprint density at radius 3 is 1.79 bits per heavy atom. The summed E-state index contributed by atoms with van der Waals surface area (Å²) < 4.78 is 2.48. The largest absolute Gasteiger partial charge is 0.363 e. The molecule has 3 heteroatoms. The topological polar surface area (TPSA) is 40.8 Å². The van der Waals surface area contributed by atoms with Crippen LogP contribution in [0.1, 0.15) is 47.7 Å². The predicted molar refractivity (Wildman–Crippen MR) is 240 cm³/mol. The monoisotopic (exact) mass is 731 g/mol. The molecule has 1 atom stereocenters. The highest BCUT2D eigenvalue weighted by molar-refractivity contribution is 6.25. The van der Waals surface area contributed by atoms with Crippen molar-refractivity contribution < 1.29 is 0 Å². The van der Waals surface area contributed by atoms with E-state index in [2.05, 4.69) is 175 Å². The normalized spacial score (nSPS) is 13.6. The third-order valence-electron chi connectivity index (χ3n) is 12.5. The van der Waals surface area contributed by atoms with E-state index in [1.54, 1.807) is 0 Å². The fraction of sp³-hybridized carbons (Fsp3) is 0.0926. The van der Waals surface area contributed by atoms with Crippen LogP contribution in [0.5, 0.6) is 0 Å². The zero-order chi connectivity index (χ0) is 38.3. The molecule has 10 aromatic rings. The lowest BCUT2D eigenvalue weighted by molar-refractivity contribution is 0.629. The smallest absolute Gasteiger partial charge is 0.125 e. The van der Waals surface area contributed by atoms with Crippen LogP contribution in [-0.4, -0.2) is 10.4 Å². The second kappa shape index (κ2) is 12.8. The van der Waals surface area contributed by atoms with E-state index in [4.69, 9.17) is 5.41 Å². The van der Waals surface area contributed by atoms with Gasteiger partial charge >= 0.3 is 0 Å². The number of benzene rings is 9. The van der Waals surface area contributed by atoms with E-state index >= 15 is 0 Å². The molecule has 0 saturated carbocycles. The fourth-order valence-corrected chi connectivity index (χ4v) is 9.71. The first-order valence-electron chi connectivity index (χ1n) is 19.9. The molecule has 0 amide bonds. The second-order valence-corrected chi connectivity index (χ2v) is 16.1. The molecule has 0 bridgehead atoms. The number of hydrogen-bond donors (Lipinski definition) is 2. The first-order chi connectivity index (χ1) is 27.9. The molecule has 2 N–H and O–H groups in total. The van der Waals surface area contributed by atoms with Gasteiger partial charge in [-0.1, -0.05) is 166 Å². The standard InChI is InChI=1S/C54H41N3/c1-54(2)48-30-36(50(29-34-15-5-3-6-16-34)56-53(55)35-17-7-4-8-18-35)25-27-43(48)46-32-47-44-23-13-14-24-51(44)57(52(47)33-49(46)54)37-26-28-42-40-21-10-9-19-38(40)39-20-11-12-22-41(39)45(42)31-37/h3-28,30-33,50H,29H2,1-2H3,(H2,55,56). The molecule has 0 fully saturated rings. The molecule has 9 aromatic carbocycles. The van der Waals surface area contributed by atoms with Crippen molar-refractivity contribution in [2.45, 2.75) is 31.7 Å². The third kappa shape index (κ3) is 5.23. The molecule has 57 heavy (non-hydrogen) atoms. The lowest BCUT2D eigenvalue weighted by Crippen LogP contribution is -2.30. The van der Waals surface area contributed by atoms with Gasteiger partial charge in [0.15, 0.2) is 0 Å². The van der Waals surface area contributed by atoms with Gasteiger partial charge in [-0.25, -0.2) is 0 Å². The van der Waals surface area contributed by atoms with E-state index in [9.17, 15) is 0 Å². The fourth-order valence-electron chi connectivity index (χ4n) is 9.71. The molecule has 1 aliphatic carbocycles. The van der Waals surface area contributed by atoms with Crippen molar-refractivity contribution in [3.8, 4) is 16.8 Å². The van der Waals surface area contributed by atoms with Gasteiger partial charge in [0.05, 0.1) is 17.1 Å². The number of para-hydroxylation sites is 1. The third-order valence-corrected chi connectivity index (χ3v) is 12.5. The highest BCUT2D eigenvalue weighted by atomic mass is 15.0. The SMILES string of the molecule is CC1(C)c2cc(C(Cc3ccccc3)NC(=N)c3ccccc3)ccc2-c2cc3c4ccccc4n(-c4ccc5c6ccccc6c6ccccc6c5c4)c3cc21. The molecule has 0 radical (unpaired) electrons. The van der Waals surface area contributed by atoms with E-state index < -0.39 is 0 Å². The minimum Gasteiger partial charge on any atom is -0.363 e. The van der Waals surface area contributed by atoms with Crippen molar-refractivity contribution in [3.05, 3.63) is 210 Å². The molecular weight excluding hydrogens is 691 g/mol. The average Bonchev–Trinajstić information content (AvgIpc) is 3.70. The molecule has 1 aliphatic rings. The van der Waals surface area contributed by atoms with Crippen molar-refractivity contribution in [2.24, 2.45) is 0 Å². The van der Waals surface area contributed by atoms with Crippen LogP contribution in [0.15, 0.2) is 182 Å². The Bertz CT molecular complexity index is 3190. The Labute approximate surface area is 332 Å². The predicted octanol–water partition coefficient (Wildman–Crippen LogP) is 13.4. The van der Waals surface area contributed by atoms with Crippen LogP contribution < -0.4 is 5.32 Å². The summed E-state index contributed by atoms with van der Waals surface area (Å²) in [5.74, 6) is 0.435. The van der Waals surface area contributed by atoms with Crippen molar-refractivity contribution >= 4 is 60.0 Å². The van der Waals surface area contributed by atoms with Crippen molar-refractivity contribution in [3.63, 3.8) is 0 Å². The van der Waals surface area contributed by atoms with Crippen LogP contribution in [0.2, 0.25) is 0 Å². The van der Waals surface area contributed by atoms with Gasteiger partial charge in [-0.15, -0.1) is 0 Å². The van der Waals surface area contributed by atoms with Gasteiger partial charge in [0.25, 0.3) is 0 Å². The van der Waals surface area contributed by atoms with E-state index in [1.807, 2.05) is 30.3 Å². The summed E-state index contributed by atoms with van der Waals surface area (Å²) in [5, 5.41) is 22.9. The van der Waals surface area contributed by atoms with Gasteiger partial charge in [-0.3, -0.25) is 5.41 Å². The van der Waals surface area contributed by atoms with Crippen LogP contribution in [0.4, 0.5) is 0 Å². The Morgan fingerprint density at radius 1 is 0.509 bits per heavy atom. The molecule has 1 aromatic heterocycles. The van der Waals surface area contributed by atoms with Gasteiger partial charge in [-0.05, 0) is 102 Å². The zero-order valence-corrected chi connectivity index (χ0v) is 32.1. The number of aromatic nitrogens is 1. The molecule has 1 heterocycles. The lowest BCUT2D eigenvalue weighted by Gasteiger charge is -2.25. The van der Waals surface area contributed by atoms with Crippen LogP contribution in [0, 0.1) is 5.41 Å². The van der Waals surface area contributed by atoms with Crippen LogP contribution in [0.3, 0.4) is 0 Å². The Morgan fingerprint density at radius 2 is 1.09 bits per heavy atom. The summed E-state index contributed by atoms with van der Waals surface area (Å²) in [7, 11) is 0. The zero-order valence-electron chi connectivity index (χ0n) is 32.1. The van der Waals surface area contributed by atoms with Gasteiger partial charge in [0.2, 0.25) is 0 Å². The van der Waals surface area contributed by atoms with Crippen molar-refractivity contribution in [1.29, 1.82) is 5.41 Å². The average molecular weight is 732 g/mol. The minimum atomic E-state index is -0.237. The maximum atomic E-state index is 9.04. The highest BCUT2D eigenvalue weighted by Gasteiger charge is 2.37. The molecular formula is C54H41N3. The van der Waals surface area contributed by atoms with Crippen molar-refractivity contribution in [1.82, 2.24) is 9.88 Å². The summed E-state index contributed by atoms with van der Waals surface area (Å²) in [6.45, 7) is 4.75. The van der Waals surface area contributed by atoms with E-state index in [0.717, 1.165) is 12.0 Å². The summed E-state index contributed by atoms with van der Waals surface area (Å²) >= 11 is 0. The summed E-state index contributed by atoms with van der Waals surface area (Å²) in [6.07, 6.45) is 0.777. The van der Waals surface area contributed by atoms with E-state index in [1.165, 1.54) is 93.2 Å². The maximum Gasteiger partial charge on any atom is 0.125 e. The Kier molecular flexibility index (Phi) is 7.49. The van der Waals surface area contributed by atoms with Crippen LogP contribution in [-0.2, 0) is 11.8 Å². The number of nitrogens with zero attached hydrogens (tertiary/aromatic N) is 1. The quantitative estimate of drug-likeness (QED) is 0.0998. The number of rotatable bonds is 6. The van der Waals surface area contributed by atoms with E-state index in [-0.39, 0.29) is 11.5 Å². The highest BCUT2D eigenvalue weighted by Crippen LogP contribution is 2.52. The molecule has 272 valence electrons. The molecule has 0 saturated heterocycles. The summed E-state index contributed by atoms with van der Waals surface area (Å²) in [5.41, 5.74) is 11.9. The number of hydrogen-bond acceptors (Lipinski definition) is 1. The van der Waals surface area contributed by atoms with Crippen molar-refractivity contribution in [2.75, 3.05) is 0 Å². The van der Waals surface area contributed by atoms with Crippen LogP contribution >= 0.6 is 0 Å². The Balaban J connectivity index is 1.07. The maximum absolute atomic E-state index is 9.04. The molecule has 0 spiro atoms. The number of amidine groups is 1. The molecule has 3 nitrogen and oxygen atoms in total. The first kappa shape index (κ1) is 33.4. The van der Waals surface area contributed by atoms with Crippen LogP contribution in [0.25, 0.3) is 70.9 Å².